The van der Waals surface area contributed by atoms with Crippen LogP contribution in [0.25, 0.3) is 0 Å². The lowest BCUT2D eigenvalue weighted by Crippen LogP contribution is -2.37. The summed E-state index contributed by atoms with van der Waals surface area (Å²) >= 11 is 1.39. The van der Waals surface area contributed by atoms with Crippen LogP contribution < -0.4 is 20.3 Å². The van der Waals surface area contributed by atoms with Crippen molar-refractivity contribution in [2.45, 2.75) is 20.3 Å². The molecule has 1 aromatic carbocycles. The molecule has 3 amide bonds. The summed E-state index contributed by atoms with van der Waals surface area (Å²) in [5.41, 5.74) is 1.58. The largest absolute Gasteiger partial charge is 0.497 e. The van der Waals surface area contributed by atoms with E-state index in [2.05, 4.69) is 15.6 Å². The van der Waals surface area contributed by atoms with Crippen LogP contribution in [0.15, 0.2) is 24.3 Å². The number of nitrogens with zero attached hydrogens (tertiary/aromatic N) is 2. The molecule has 0 bridgehead atoms. The van der Waals surface area contributed by atoms with Gasteiger partial charge in [0.2, 0.25) is 17.7 Å². The van der Waals surface area contributed by atoms with Gasteiger partial charge in [0, 0.05) is 23.5 Å². The van der Waals surface area contributed by atoms with Crippen LogP contribution in [0.3, 0.4) is 0 Å². The molecule has 0 radical (unpaired) electrons. The van der Waals surface area contributed by atoms with Crippen molar-refractivity contribution in [2.75, 3.05) is 30.4 Å². The van der Waals surface area contributed by atoms with E-state index in [1.165, 1.54) is 11.3 Å². The highest BCUT2D eigenvalue weighted by molar-refractivity contribution is 7.15. The number of aromatic nitrogens is 1. The molecule has 1 aromatic heterocycles. The van der Waals surface area contributed by atoms with Gasteiger partial charge in [-0.05, 0) is 38.1 Å². The highest BCUT2D eigenvalue weighted by Crippen LogP contribution is 2.27. The number of hydrogen-bond acceptors (Lipinski definition) is 6. The topological polar surface area (TPSA) is 101 Å². The number of carbonyl (C=O) groups is 3. The van der Waals surface area contributed by atoms with Gasteiger partial charge in [-0.3, -0.25) is 14.4 Å². The van der Waals surface area contributed by atoms with Crippen molar-refractivity contribution in [3.8, 4) is 5.75 Å². The lowest BCUT2D eigenvalue weighted by Gasteiger charge is -2.17. The predicted octanol–water partition coefficient (Wildman–Crippen LogP) is 1.88. The zero-order valence-electron chi connectivity index (χ0n) is 15.9. The van der Waals surface area contributed by atoms with E-state index in [9.17, 15) is 14.4 Å². The summed E-state index contributed by atoms with van der Waals surface area (Å²) < 4.78 is 5.11. The molecule has 1 fully saturated rings. The van der Waals surface area contributed by atoms with Crippen molar-refractivity contribution in [2.24, 2.45) is 5.92 Å². The van der Waals surface area contributed by atoms with Gasteiger partial charge in [0.15, 0.2) is 5.13 Å². The molecule has 148 valence electrons. The minimum atomic E-state index is -0.494. The molecule has 2 N–H and O–H groups in total. The molecule has 28 heavy (non-hydrogen) atoms. The Labute approximate surface area is 166 Å². The fourth-order valence-corrected chi connectivity index (χ4v) is 3.73. The molecule has 0 aliphatic carbocycles. The number of ether oxygens (including phenoxy) is 1. The zero-order chi connectivity index (χ0) is 20.3. The molecular weight excluding hydrogens is 380 g/mol. The smallest absolute Gasteiger partial charge is 0.245 e. The molecular formula is C19H22N4O4S. The third kappa shape index (κ3) is 4.48. The summed E-state index contributed by atoms with van der Waals surface area (Å²) in [6.45, 7) is 3.91. The van der Waals surface area contributed by atoms with Gasteiger partial charge in [0.05, 0.1) is 25.3 Å². The third-order valence-electron chi connectivity index (χ3n) is 4.58. The first-order valence-electron chi connectivity index (χ1n) is 8.83. The van der Waals surface area contributed by atoms with E-state index < -0.39 is 5.92 Å². The minimum Gasteiger partial charge on any atom is -0.497 e. The Bertz CT molecular complexity index is 874. The molecule has 9 heteroatoms. The van der Waals surface area contributed by atoms with E-state index in [0.29, 0.717) is 16.6 Å². The average Bonchev–Trinajstić information content (AvgIpc) is 3.21. The van der Waals surface area contributed by atoms with E-state index in [4.69, 9.17) is 4.74 Å². The fourth-order valence-electron chi connectivity index (χ4n) is 2.90. The summed E-state index contributed by atoms with van der Waals surface area (Å²) in [5, 5.41) is 5.78. The molecule has 1 atom stereocenters. The first kappa shape index (κ1) is 19.8. The molecule has 1 aliphatic rings. The van der Waals surface area contributed by atoms with Crippen LogP contribution in [0.2, 0.25) is 0 Å². The van der Waals surface area contributed by atoms with Crippen LogP contribution >= 0.6 is 11.3 Å². The number of benzene rings is 1. The summed E-state index contributed by atoms with van der Waals surface area (Å²) in [6.07, 6.45) is 0.115. The molecule has 2 heterocycles. The summed E-state index contributed by atoms with van der Waals surface area (Å²) in [4.78, 5) is 43.5. The maximum Gasteiger partial charge on any atom is 0.245 e. The molecule has 0 spiro atoms. The first-order chi connectivity index (χ1) is 13.4. The van der Waals surface area contributed by atoms with Crippen LogP contribution in [-0.4, -0.2) is 42.9 Å². The van der Waals surface area contributed by atoms with Gasteiger partial charge in [-0.1, -0.05) is 0 Å². The van der Waals surface area contributed by atoms with Crippen molar-refractivity contribution in [1.29, 1.82) is 0 Å². The Morgan fingerprint density at radius 1 is 1.29 bits per heavy atom. The van der Waals surface area contributed by atoms with E-state index in [-0.39, 0.29) is 37.2 Å². The second-order valence-electron chi connectivity index (χ2n) is 6.53. The van der Waals surface area contributed by atoms with Crippen LogP contribution in [0.4, 0.5) is 10.8 Å². The predicted molar refractivity (Wildman–Crippen MR) is 107 cm³/mol. The van der Waals surface area contributed by atoms with Crippen LogP contribution in [0.5, 0.6) is 5.75 Å². The summed E-state index contributed by atoms with van der Waals surface area (Å²) in [5.74, 6) is -0.582. The van der Waals surface area contributed by atoms with Gasteiger partial charge in [-0.15, -0.1) is 11.3 Å². The molecule has 3 rings (SSSR count). The van der Waals surface area contributed by atoms with Crippen molar-refractivity contribution in [3.63, 3.8) is 0 Å². The molecule has 8 nitrogen and oxygen atoms in total. The van der Waals surface area contributed by atoms with Gasteiger partial charge < -0.3 is 20.3 Å². The quantitative estimate of drug-likeness (QED) is 0.768. The molecule has 1 saturated heterocycles. The van der Waals surface area contributed by atoms with Crippen molar-refractivity contribution in [3.05, 3.63) is 34.8 Å². The normalized spacial score (nSPS) is 16.2. The fraction of sp³-hybridized carbons (Fsp3) is 0.368. The summed E-state index contributed by atoms with van der Waals surface area (Å²) in [7, 11) is 1.57. The number of anilines is 2. The Morgan fingerprint density at radius 3 is 2.61 bits per heavy atom. The van der Waals surface area contributed by atoms with Crippen molar-refractivity contribution in [1.82, 2.24) is 10.3 Å². The van der Waals surface area contributed by atoms with Crippen molar-refractivity contribution >= 4 is 39.9 Å². The molecule has 0 saturated carbocycles. The van der Waals surface area contributed by atoms with E-state index in [0.717, 1.165) is 10.6 Å². The SMILES string of the molecule is COc1ccc(N2C[C@@H](C(=O)NCC(=O)Nc3nc(C)c(C)s3)CC2=O)cc1. The third-order valence-corrected chi connectivity index (χ3v) is 5.57. The monoisotopic (exact) mass is 402 g/mol. The van der Waals surface area contributed by atoms with Gasteiger partial charge >= 0.3 is 0 Å². The number of nitrogens with one attached hydrogen (secondary N) is 2. The molecule has 2 aromatic rings. The van der Waals surface area contributed by atoms with Crippen LogP contribution in [-0.2, 0) is 14.4 Å². The number of thiazole rings is 1. The standard InChI is InChI=1S/C19H22N4O4S/c1-11-12(2)28-19(21-11)22-16(24)9-20-18(26)13-8-17(25)23(10-13)14-4-6-15(27-3)7-5-14/h4-7,13H,8-10H2,1-3H3,(H,20,26)(H,21,22,24)/t13-/m0/s1. The average molecular weight is 402 g/mol. The van der Waals surface area contributed by atoms with Crippen LogP contribution in [0, 0.1) is 19.8 Å². The minimum absolute atomic E-state index is 0.115. The Morgan fingerprint density at radius 2 is 2.00 bits per heavy atom. The molecule has 0 unspecified atom stereocenters. The number of hydrogen-bond donors (Lipinski definition) is 2. The second kappa shape index (κ2) is 8.39. The number of carbonyl (C=O) groups excluding carboxylic acids is 3. The van der Waals surface area contributed by atoms with E-state index in [1.54, 1.807) is 36.3 Å². The van der Waals surface area contributed by atoms with Crippen molar-refractivity contribution < 1.29 is 19.1 Å². The van der Waals surface area contributed by atoms with E-state index in [1.807, 2.05) is 13.8 Å². The highest BCUT2D eigenvalue weighted by Gasteiger charge is 2.35. The number of aryl methyl sites for hydroxylation is 2. The Kier molecular flexibility index (Phi) is 5.93. The second-order valence-corrected chi connectivity index (χ2v) is 7.73. The maximum absolute atomic E-state index is 12.4. The number of methoxy groups -OCH3 is 1. The number of rotatable bonds is 6. The summed E-state index contributed by atoms with van der Waals surface area (Å²) in [6, 6.07) is 7.09. The van der Waals surface area contributed by atoms with Crippen LogP contribution in [0.1, 0.15) is 17.0 Å². The lowest BCUT2D eigenvalue weighted by molar-refractivity contribution is -0.127. The zero-order valence-corrected chi connectivity index (χ0v) is 16.8. The number of amides is 3. The first-order valence-corrected chi connectivity index (χ1v) is 9.65. The Balaban J connectivity index is 1.51. The highest BCUT2D eigenvalue weighted by atomic mass is 32.1. The van der Waals surface area contributed by atoms with Gasteiger partial charge in [-0.25, -0.2) is 4.98 Å². The lowest BCUT2D eigenvalue weighted by atomic mass is 10.1. The van der Waals surface area contributed by atoms with Gasteiger partial charge in [-0.2, -0.15) is 0 Å². The molecule has 1 aliphatic heterocycles. The van der Waals surface area contributed by atoms with Gasteiger partial charge in [0.25, 0.3) is 0 Å². The Hall–Kier alpha value is -2.94. The van der Waals surface area contributed by atoms with E-state index >= 15 is 0 Å². The maximum atomic E-state index is 12.4. The van der Waals surface area contributed by atoms with Gasteiger partial charge in [0.1, 0.15) is 5.75 Å².